The summed E-state index contributed by atoms with van der Waals surface area (Å²) >= 11 is 7.14. The van der Waals surface area contributed by atoms with Crippen LogP contribution in [0.3, 0.4) is 0 Å². The largest absolute Gasteiger partial charge is 0.496 e. The van der Waals surface area contributed by atoms with Gasteiger partial charge in [0.05, 0.1) is 64.0 Å². The Morgan fingerprint density at radius 1 is 0.410 bits per heavy atom. The Morgan fingerprint density at radius 2 is 0.615 bits per heavy atom. The average Bonchev–Trinajstić information content (AvgIpc) is 3.00. The van der Waals surface area contributed by atoms with Gasteiger partial charge in [-0.1, -0.05) is 11.6 Å². The summed E-state index contributed by atoms with van der Waals surface area (Å²) < 4.78 is 52.4. The molecule has 3 aromatic rings. The lowest BCUT2D eigenvalue weighted by Gasteiger charge is -2.32. The van der Waals surface area contributed by atoms with E-state index in [0.717, 1.165) is 0 Å². The molecule has 212 valence electrons. The Balaban J connectivity index is 2.74. The van der Waals surface area contributed by atoms with Gasteiger partial charge >= 0.3 is 0 Å². The lowest BCUT2D eigenvalue weighted by Crippen LogP contribution is -2.37. The first-order valence-corrected chi connectivity index (χ1v) is 14.2. The number of ether oxygens (including phenoxy) is 9. The number of halogens is 1. The molecule has 0 saturated carbocycles. The molecule has 0 N–H and O–H groups in total. The van der Waals surface area contributed by atoms with Gasteiger partial charge in [-0.2, -0.15) is 0 Å². The molecule has 3 rings (SSSR count). The third-order valence-corrected chi connectivity index (χ3v) is 11.4. The molecule has 0 radical (unpaired) electrons. The quantitative estimate of drug-likeness (QED) is 0.217. The first-order valence-electron chi connectivity index (χ1n) is 11.7. The number of methoxy groups -OCH3 is 9. The molecular weight excluding hydrogens is 547 g/mol. The van der Waals surface area contributed by atoms with Gasteiger partial charge in [-0.25, -0.2) is 0 Å². The van der Waals surface area contributed by atoms with E-state index in [1.54, 1.807) is 100 Å². The molecule has 0 aromatic heterocycles. The Kier molecular flexibility index (Phi) is 10.1. The van der Waals surface area contributed by atoms with Crippen molar-refractivity contribution in [2.75, 3.05) is 69.6 Å². The van der Waals surface area contributed by atoms with Crippen LogP contribution in [-0.4, -0.2) is 69.6 Å². The molecule has 0 unspecified atom stereocenters. The van der Waals surface area contributed by atoms with Crippen LogP contribution in [0.15, 0.2) is 36.4 Å². The van der Waals surface area contributed by atoms with Crippen LogP contribution < -0.4 is 58.5 Å². The Labute approximate surface area is 235 Å². The van der Waals surface area contributed by atoms with Crippen LogP contribution in [0.4, 0.5) is 0 Å². The van der Waals surface area contributed by atoms with Crippen molar-refractivity contribution in [1.82, 2.24) is 0 Å². The molecular formula is C28H35ClO9P+. The predicted octanol–water partition coefficient (Wildman–Crippen LogP) is 4.25. The number of alkyl halides is 1. The third-order valence-electron chi connectivity index (χ3n) is 6.39. The molecule has 0 amide bonds. The fraction of sp³-hybridized carbons (Fsp3) is 0.357. The van der Waals surface area contributed by atoms with E-state index in [9.17, 15) is 0 Å². The van der Waals surface area contributed by atoms with Gasteiger partial charge < -0.3 is 42.6 Å². The number of hydrogen-bond acceptors (Lipinski definition) is 9. The van der Waals surface area contributed by atoms with Crippen molar-refractivity contribution in [3.8, 4) is 51.7 Å². The maximum absolute atomic E-state index is 7.14. The number of rotatable bonds is 13. The van der Waals surface area contributed by atoms with E-state index in [1.165, 1.54) is 0 Å². The zero-order valence-corrected chi connectivity index (χ0v) is 25.3. The molecule has 0 heterocycles. The summed E-state index contributed by atoms with van der Waals surface area (Å²) in [4.78, 5) is 0. The minimum Gasteiger partial charge on any atom is -0.496 e. The smallest absolute Gasteiger partial charge is 0.190 e. The third kappa shape index (κ3) is 5.25. The van der Waals surface area contributed by atoms with Crippen molar-refractivity contribution < 1.29 is 42.6 Å². The summed E-state index contributed by atoms with van der Waals surface area (Å²) in [6, 6.07) is 10.7. The van der Waals surface area contributed by atoms with Crippen LogP contribution in [0.2, 0.25) is 0 Å². The summed E-state index contributed by atoms with van der Waals surface area (Å²) in [5, 5.41) is 2.02. The van der Waals surface area contributed by atoms with Gasteiger partial charge in [-0.05, 0) is 0 Å². The second-order valence-corrected chi connectivity index (χ2v) is 12.0. The van der Waals surface area contributed by atoms with E-state index in [-0.39, 0.29) is 5.62 Å². The standard InChI is InChI=1S/C28H35ClO9P/c1-30-17-10-20(33-4)26(21(11-17)34-5)39(16-29,27-22(35-6)12-18(31-2)13-23(27)36-7)28-24(37-8)14-19(32-3)15-25(28)38-9/h10-15H,16H2,1-9H3/q+1. The molecule has 0 saturated heterocycles. The van der Waals surface area contributed by atoms with Gasteiger partial charge in [-0.15, -0.1) is 0 Å². The maximum atomic E-state index is 7.14. The van der Waals surface area contributed by atoms with Crippen molar-refractivity contribution in [1.29, 1.82) is 0 Å². The van der Waals surface area contributed by atoms with E-state index in [0.29, 0.717) is 67.7 Å². The van der Waals surface area contributed by atoms with Gasteiger partial charge in [0.1, 0.15) is 22.9 Å². The summed E-state index contributed by atoms with van der Waals surface area (Å²) in [6.07, 6.45) is 0. The molecule has 0 aliphatic rings. The van der Waals surface area contributed by atoms with Crippen LogP contribution in [-0.2, 0) is 0 Å². The van der Waals surface area contributed by atoms with Crippen LogP contribution in [0.25, 0.3) is 0 Å². The molecule has 0 spiro atoms. The van der Waals surface area contributed by atoms with Gasteiger partial charge in [0, 0.05) is 36.4 Å². The molecule has 0 fully saturated rings. The minimum absolute atomic E-state index is 0.0597. The maximum Gasteiger partial charge on any atom is 0.190 e. The van der Waals surface area contributed by atoms with E-state index >= 15 is 0 Å². The van der Waals surface area contributed by atoms with Crippen LogP contribution >= 0.6 is 18.9 Å². The van der Waals surface area contributed by atoms with E-state index in [2.05, 4.69) is 0 Å². The van der Waals surface area contributed by atoms with E-state index in [1.807, 2.05) is 0 Å². The van der Waals surface area contributed by atoms with Crippen molar-refractivity contribution >= 4 is 34.8 Å². The molecule has 3 aromatic carbocycles. The monoisotopic (exact) mass is 581 g/mol. The number of hydrogen-bond donors (Lipinski definition) is 0. The Morgan fingerprint density at radius 3 is 0.744 bits per heavy atom. The Bertz CT molecular complexity index is 1070. The normalized spacial score (nSPS) is 10.9. The SMILES string of the molecule is COc1cc(OC)c([P+](CCl)(c2c(OC)cc(OC)cc2OC)c2c(OC)cc(OC)cc2OC)c(OC)c1. The average molecular weight is 582 g/mol. The summed E-state index contributed by atoms with van der Waals surface area (Å²) in [7, 11) is 11.1. The predicted molar refractivity (Wildman–Crippen MR) is 155 cm³/mol. The molecule has 0 aliphatic heterocycles. The highest BCUT2D eigenvalue weighted by Gasteiger charge is 2.57. The summed E-state index contributed by atoms with van der Waals surface area (Å²) in [5.74, 6) is 4.55. The van der Waals surface area contributed by atoms with Crippen molar-refractivity contribution in [2.45, 2.75) is 0 Å². The second kappa shape index (κ2) is 13.1. The first kappa shape index (κ1) is 30.1. The van der Waals surface area contributed by atoms with Gasteiger partial charge in [0.15, 0.2) is 57.7 Å². The topological polar surface area (TPSA) is 83.1 Å². The Hall–Kier alpha value is -3.42. The van der Waals surface area contributed by atoms with Gasteiger partial charge in [-0.3, -0.25) is 0 Å². The lowest BCUT2D eigenvalue weighted by atomic mass is 10.3. The van der Waals surface area contributed by atoms with Crippen molar-refractivity contribution in [3.63, 3.8) is 0 Å². The van der Waals surface area contributed by atoms with Crippen molar-refractivity contribution in [2.24, 2.45) is 0 Å². The molecule has 11 heteroatoms. The molecule has 0 bridgehead atoms. The van der Waals surface area contributed by atoms with Crippen LogP contribution in [0, 0.1) is 0 Å². The molecule has 9 nitrogen and oxygen atoms in total. The molecule has 0 aliphatic carbocycles. The van der Waals surface area contributed by atoms with E-state index < -0.39 is 7.26 Å². The van der Waals surface area contributed by atoms with Gasteiger partial charge in [0.25, 0.3) is 0 Å². The lowest BCUT2D eigenvalue weighted by molar-refractivity contribution is 0.378. The number of benzene rings is 3. The first-order chi connectivity index (χ1) is 18.9. The summed E-state index contributed by atoms with van der Waals surface area (Å²) in [6.45, 7) is 0. The zero-order valence-electron chi connectivity index (χ0n) is 23.7. The highest BCUT2D eigenvalue weighted by molar-refractivity contribution is 7.97. The molecule has 0 atom stereocenters. The van der Waals surface area contributed by atoms with Crippen molar-refractivity contribution in [3.05, 3.63) is 36.4 Å². The highest BCUT2D eigenvalue weighted by atomic mass is 35.5. The van der Waals surface area contributed by atoms with E-state index in [4.69, 9.17) is 54.2 Å². The molecule has 39 heavy (non-hydrogen) atoms. The minimum atomic E-state index is -3.10. The van der Waals surface area contributed by atoms with Gasteiger partial charge in [0.2, 0.25) is 0 Å². The van der Waals surface area contributed by atoms with Crippen LogP contribution in [0.1, 0.15) is 0 Å². The summed E-state index contributed by atoms with van der Waals surface area (Å²) in [5.41, 5.74) is 0.0597. The second-order valence-electron chi connectivity index (χ2n) is 8.07. The highest BCUT2D eigenvalue weighted by Crippen LogP contribution is 2.66. The zero-order chi connectivity index (χ0) is 28.7. The van der Waals surface area contributed by atoms with Crippen LogP contribution in [0.5, 0.6) is 51.7 Å². The fourth-order valence-corrected chi connectivity index (χ4v) is 9.90. The fourth-order valence-electron chi connectivity index (χ4n) is 4.61.